The van der Waals surface area contributed by atoms with E-state index in [0.29, 0.717) is 33.9 Å². The summed E-state index contributed by atoms with van der Waals surface area (Å²) in [5.74, 6) is 0.195. The van der Waals surface area contributed by atoms with Gasteiger partial charge in [-0.05, 0) is 67.5 Å². The van der Waals surface area contributed by atoms with Crippen LogP contribution in [0.15, 0.2) is 48.5 Å². The number of rotatable bonds is 5. The number of hydrogen-bond donors (Lipinski definition) is 0. The molecule has 0 N–H and O–H groups in total. The van der Waals surface area contributed by atoms with E-state index in [2.05, 4.69) is 0 Å². The van der Waals surface area contributed by atoms with Gasteiger partial charge in [-0.3, -0.25) is 14.4 Å². The lowest BCUT2D eigenvalue weighted by Crippen LogP contribution is -2.33. The molecular formula is C23H20ClNO4. The standard InChI is InChI=1S/C23H20ClNO4/c24-16-9-7-13(8-10-16)18(26)12-29-19-4-2-1-3-17(19)25-22(27)20-14-5-6-15(11-14)21(20)23(25)28/h1-4,7-10,14-15,20-21H,5-6,11-12H2/t14-,15-,20+,21+/m1/s1. The molecular weight excluding hydrogens is 390 g/mol. The lowest BCUT2D eigenvalue weighted by Gasteiger charge is -2.20. The molecule has 2 amide bonds. The molecule has 2 aliphatic carbocycles. The predicted octanol–water partition coefficient (Wildman–Crippen LogP) is 4.14. The molecule has 2 aromatic carbocycles. The van der Waals surface area contributed by atoms with Crippen molar-refractivity contribution in [1.82, 2.24) is 0 Å². The lowest BCUT2D eigenvalue weighted by atomic mass is 9.81. The molecule has 29 heavy (non-hydrogen) atoms. The molecule has 4 atom stereocenters. The molecule has 3 aliphatic rings. The fourth-order valence-electron chi connectivity index (χ4n) is 5.27. The summed E-state index contributed by atoms with van der Waals surface area (Å²) >= 11 is 5.86. The molecule has 3 fully saturated rings. The number of amides is 2. The van der Waals surface area contributed by atoms with Gasteiger partial charge in [0.1, 0.15) is 5.75 Å². The monoisotopic (exact) mass is 409 g/mol. The molecule has 148 valence electrons. The summed E-state index contributed by atoms with van der Waals surface area (Å²) in [6, 6.07) is 13.5. The van der Waals surface area contributed by atoms with E-state index in [1.54, 1.807) is 48.5 Å². The van der Waals surface area contributed by atoms with Gasteiger partial charge in [-0.15, -0.1) is 0 Å². The molecule has 1 heterocycles. The van der Waals surface area contributed by atoms with E-state index < -0.39 is 0 Å². The maximum Gasteiger partial charge on any atom is 0.238 e. The van der Waals surface area contributed by atoms with Gasteiger partial charge in [0.2, 0.25) is 11.8 Å². The Hall–Kier alpha value is -2.66. The van der Waals surface area contributed by atoms with Gasteiger partial charge in [0.25, 0.3) is 0 Å². The van der Waals surface area contributed by atoms with Crippen molar-refractivity contribution in [2.75, 3.05) is 11.5 Å². The Morgan fingerprint density at radius 2 is 1.59 bits per heavy atom. The molecule has 1 aliphatic heterocycles. The molecule has 2 aromatic rings. The number of Topliss-reactive ketones (excluding diaryl/α,β-unsaturated/α-hetero) is 1. The first-order valence-corrected chi connectivity index (χ1v) is 10.3. The fraction of sp³-hybridized carbons (Fsp3) is 0.348. The number of carbonyl (C=O) groups is 3. The highest BCUT2D eigenvalue weighted by Gasteiger charge is 2.61. The number of fused-ring (bicyclic) bond motifs is 5. The fourth-order valence-corrected chi connectivity index (χ4v) is 5.40. The summed E-state index contributed by atoms with van der Waals surface area (Å²) in [7, 11) is 0. The Balaban J connectivity index is 1.37. The second kappa shape index (κ2) is 6.99. The molecule has 1 saturated heterocycles. The summed E-state index contributed by atoms with van der Waals surface area (Å²) < 4.78 is 5.76. The molecule has 5 rings (SSSR count). The first-order valence-electron chi connectivity index (χ1n) is 9.93. The smallest absolute Gasteiger partial charge is 0.238 e. The van der Waals surface area contributed by atoms with E-state index in [9.17, 15) is 14.4 Å². The molecule has 2 bridgehead atoms. The molecule has 0 unspecified atom stereocenters. The highest BCUT2D eigenvalue weighted by atomic mass is 35.5. The zero-order valence-electron chi connectivity index (χ0n) is 15.7. The van der Waals surface area contributed by atoms with Crippen molar-refractivity contribution >= 4 is 34.9 Å². The van der Waals surface area contributed by atoms with Crippen molar-refractivity contribution in [2.45, 2.75) is 19.3 Å². The zero-order valence-corrected chi connectivity index (χ0v) is 16.5. The number of ether oxygens (including phenoxy) is 1. The van der Waals surface area contributed by atoms with Gasteiger partial charge in [0.05, 0.1) is 17.5 Å². The van der Waals surface area contributed by atoms with Crippen molar-refractivity contribution in [2.24, 2.45) is 23.7 Å². The van der Waals surface area contributed by atoms with Crippen molar-refractivity contribution < 1.29 is 19.1 Å². The Morgan fingerprint density at radius 3 is 2.24 bits per heavy atom. The Bertz CT molecular complexity index is 974. The first-order chi connectivity index (χ1) is 14.0. The number of carbonyl (C=O) groups excluding carboxylic acids is 3. The van der Waals surface area contributed by atoms with Crippen molar-refractivity contribution in [1.29, 1.82) is 0 Å². The van der Waals surface area contributed by atoms with Crippen LogP contribution in [0.1, 0.15) is 29.6 Å². The summed E-state index contributed by atoms with van der Waals surface area (Å²) in [4.78, 5) is 39.9. The molecule has 0 radical (unpaired) electrons. The van der Waals surface area contributed by atoms with Crippen LogP contribution >= 0.6 is 11.6 Å². The predicted molar refractivity (Wildman–Crippen MR) is 108 cm³/mol. The second-order valence-electron chi connectivity index (χ2n) is 8.08. The van der Waals surface area contributed by atoms with Crippen LogP contribution in [0.4, 0.5) is 5.69 Å². The third kappa shape index (κ3) is 2.96. The van der Waals surface area contributed by atoms with Gasteiger partial charge in [0, 0.05) is 10.6 Å². The number of ketones is 1. The van der Waals surface area contributed by atoms with Crippen molar-refractivity contribution in [3.8, 4) is 5.75 Å². The molecule has 6 heteroatoms. The van der Waals surface area contributed by atoms with Gasteiger partial charge >= 0.3 is 0 Å². The van der Waals surface area contributed by atoms with Crippen molar-refractivity contribution in [3.05, 3.63) is 59.1 Å². The summed E-state index contributed by atoms with van der Waals surface area (Å²) in [6.07, 6.45) is 3.06. The SMILES string of the molecule is O=C(COc1ccccc1N1C(=O)[C@H]2[C@@H]3CC[C@H](C3)[C@@H]2C1=O)c1ccc(Cl)cc1. The Labute approximate surface area is 173 Å². The van der Waals surface area contributed by atoms with Crippen LogP contribution in [-0.4, -0.2) is 24.2 Å². The number of anilines is 1. The van der Waals surface area contributed by atoms with E-state index in [1.807, 2.05) is 0 Å². The maximum atomic E-state index is 13.1. The Kier molecular flexibility index (Phi) is 4.43. The van der Waals surface area contributed by atoms with Crippen LogP contribution in [0.3, 0.4) is 0 Å². The largest absolute Gasteiger partial charge is 0.483 e. The zero-order chi connectivity index (χ0) is 20.1. The van der Waals surface area contributed by atoms with Crippen LogP contribution < -0.4 is 9.64 Å². The van der Waals surface area contributed by atoms with Gasteiger partial charge in [-0.2, -0.15) is 0 Å². The number of imide groups is 1. The van der Waals surface area contributed by atoms with E-state index in [4.69, 9.17) is 16.3 Å². The normalized spacial score (nSPS) is 27.4. The van der Waals surface area contributed by atoms with Crippen LogP contribution in [0.5, 0.6) is 5.75 Å². The summed E-state index contributed by atoms with van der Waals surface area (Å²) in [5, 5.41) is 0.554. The van der Waals surface area contributed by atoms with Crippen LogP contribution in [0, 0.1) is 23.7 Å². The van der Waals surface area contributed by atoms with Crippen LogP contribution in [-0.2, 0) is 9.59 Å². The van der Waals surface area contributed by atoms with E-state index in [1.165, 1.54) is 4.90 Å². The van der Waals surface area contributed by atoms with E-state index >= 15 is 0 Å². The van der Waals surface area contributed by atoms with E-state index in [0.717, 1.165) is 19.3 Å². The third-order valence-corrected chi connectivity index (χ3v) is 6.81. The van der Waals surface area contributed by atoms with Gasteiger partial charge < -0.3 is 4.74 Å². The lowest BCUT2D eigenvalue weighted by molar-refractivity contribution is -0.123. The topological polar surface area (TPSA) is 63.7 Å². The first kappa shape index (κ1) is 18.4. The molecule has 2 saturated carbocycles. The molecule has 0 aromatic heterocycles. The highest BCUT2D eigenvalue weighted by Crippen LogP contribution is 2.57. The highest BCUT2D eigenvalue weighted by molar-refractivity contribution is 6.30. The van der Waals surface area contributed by atoms with Gasteiger partial charge in [-0.25, -0.2) is 4.90 Å². The second-order valence-corrected chi connectivity index (χ2v) is 8.52. The van der Waals surface area contributed by atoms with Crippen molar-refractivity contribution in [3.63, 3.8) is 0 Å². The number of para-hydroxylation sites is 2. The average Bonchev–Trinajstić information content (AvgIpc) is 3.41. The summed E-state index contributed by atoms with van der Waals surface area (Å²) in [6.45, 7) is -0.188. The van der Waals surface area contributed by atoms with Gasteiger partial charge in [0.15, 0.2) is 12.4 Å². The minimum atomic E-state index is -0.203. The van der Waals surface area contributed by atoms with Gasteiger partial charge in [-0.1, -0.05) is 23.7 Å². The maximum absolute atomic E-state index is 13.1. The van der Waals surface area contributed by atoms with Crippen LogP contribution in [0.2, 0.25) is 5.02 Å². The number of benzene rings is 2. The number of hydrogen-bond acceptors (Lipinski definition) is 4. The quantitative estimate of drug-likeness (QED) is 0.550. The Morgan fingerprint density at radius 1 is 0.966 bits per heavy atom. The molecule has 5 nitrogen and oxygen atoms in total. The van der Waals surface area contributed by atoms with Crippen LogP contribution in [0.25, 0.3) is 0 Å². The number of nitrogens with zero attached hydrogens (tertiary/aromatic N) is 1. The van der Waals surface area contributed by atoms with E-state index in [-0.39, 0.29) is 36.0 Å². The summed E-state index contributed by atoms with van der Waals surface area (Å²) in [5.41, 5.74) is 0.923. The average molecular weight is 410 g/mol. The minimum absolute atomic E-state index is 0.118. The minimum Gasteiger partial charge on any atom is -0.483 e. The molecule has 0 spiro atoms. The number of halogens is 1. The third-order valence-electron chi connectivity index (χ3n) is 6.56.